The van der Waals surface area contributed by atoms with E-state index in [1.54, 1.807) is 25.3 Å². The third kappa shape index (κ3) is 7.54. The van der Waals surface area contributed by atoms with Crippen LogP contribution < -0.4 is 10.6 Å². The number of hydrogen-bond acceptors (Lipinski definition) is 0. The molecule has 0 saturated heterocycles. The van der Waals surface area contributed by atoms with Crippen molar-refractivity contribution >= 4 is 24.6 Å². The number of hydrogen-bond donors (Lipinski definition) is 0. The van der Waals surface area contributed by atoms with Gasteiger partial charge in [0.15, 0.2) is 0 Å². The zero-order valence-corrected chi connectivity index (χ0v) is 31.7. The van der Waals surface area contributed by atoms with Crippen LogP contribution in [0.1, 0.15) is 60.5 Å². The van der Waals surface area contributed by atoms with Crippen LogP contribution in [-0.4, -0.2) is 0 Å². The molecule has 5 aromatic carbocycles. The molecule has 0 spiro atoms. The second-order valence-corrected chi connectivity index (χ2v) is 18.7. The van der Waals surface area contributed by atoms with Crippen LogP contribution in [0.5, 0.6) is 0 Å². The molecule has 2 aliphatic carbocycles. The first kappa shape index (κ1) is 33.5. The average molecular weight is 708 g/mol. The van der Waals surface area contributed by atoms with Crippen molar-refractivity contribution < 1.29 is 23.2 Å². The van der Waals surface area contributed by atoms with Crippen LogP contribution in [0.15, 0.2) is 171 Å². The van der Waals surface area contributed by atoms with Crippen molar-refractivity contribution in [2.24, 2.45) is 5.41 Å². The van der Waals surface area contributed by atoms with Gasteiger partial charge in [-0.3, -0.25) is 0 Å². The molecule has 0 amide bonds. The molecular formula is C45H45PZr. The van der Waals surface area contributed by atoms with Gasteiger partial charge in [0.2, 0.25) is 0 Å². The Hall–Kier alpha value is -3.37. The van der Waals surface area contributed by atoms with Crippen molar-refractivity contribution in [1.29, 1.82) is 0 Å². The summed E-state index contributed by atoms with van der Waals surface area (Å²) in [5, 5.41) is 4.58. The Balaban J connectivity index is 0.000000230. The summed E-state index contributed by atoms with van der Waals surface area (Å²) in [5.74, 6) is 0. The Bertz CT molecular complexity index is 1800. The Morgan fingerprint density at radius 2 is 1.00 bits per heavy atom. The van der Waals surface area contributed by atoms with Crippen molar-refractivity contribution in [2.45, 2.75) is 51.1 Å². The minimum atomic E-state index is -0.947. The fourth-order valence-corrected chi connectivity index (χ4v) is 15.3. The van der Waals surface area contributed by atoms with Crippen LogP contribution >= 0.6 is 7.92 Å². The van der Waals surface area contributed by atoms with Crippen molar-refractivity contribution in [3.63, 3.8) is 0 Å². The zero-order valence-electron chi connectivity index (χ0n) is 28.4. The molecule has 1 unspecified atom stereocenters. The molecule has 0 nitrogen and oxygen atoms in total. The van der Waals surface area contributed by atoms with E-state index >= 15 is 0 Å². The summed E-state index contributed by atoms with van der Waals surface area (Å²) < 4.78 is 2.36. The third-order valence-electron chi connectivity index (χ3n) is 9.93. The predicted octanol–water partition coefficient (Wildman–Crippen LogP) is 11.4. The second kappa shape index (κ2) is 15.2. The van der Waals surface area contributed by atoms with E-state index in [1.165, 1.54) is 32.9 Å². The van der Waals surface area contributed by atoms with Crippen molar-refractivity contribution in [3.8, 4) is 0 Å². The summed E-state index contributed by atoms with van der Waals surface area (Å²) in [7, 11) is -0.558. The van der Waals surface area contributed by atoms with Gasteiger partial charge in [0.1, 0.15) is 0 Å². The molecular weight excluding hydrogens is 663 g/mol. The van der Waals surface area contributed by atoms with Gasteiger partial charge >= 0.3 is 213 Å². The summed E-state index contributed by atoms with van der Waals surface area (Å²) in [6.45, 7) is 12.0. The molecule has 1 atom stereocenters. The maximum Gasteiger partial charge on any atom is -0.0238 e. The topological polar surface area (TPSA) is 0 Å². The Labute approximate surface area is 295 Å². The molecule has 0 radical (unpaired) electrons. The van der Waals surface area contributed by atoms with Crippen LogP contribution in [0, 0.1) is 5.41 Å². The van der Waals surface area contributed by atoms with Crippen molar-refractivity contribution in [1.82, 2.24) is 0 Å². The number of allylic oxidation sites excluding steroid dienone is 5. The van der Waals surface area contributed by atoms with E-state index in [2.05, 4.69) is 186 Å². The molecule has 234 valence electrons. The molecule has 2 aliphatic rings. The van der Waals surface area contributed by atoms with E-state index < -0.39 is 31.2 Å². The average Bonchev–Trinajstić information content (AvgIpc) is 3.54. The molecule has 0 heterocycles. The summed E-state index contributed by atoms with van der Waals surface area (Å²) in [4.78, 5) is 0. The van der Waals surface area contributed by atoms with Crippen LogP contribution in [0.25, 0.3) is 6.08 Å². The fourth-order valence-electron chi connectivity index (χ4n) is 6.86. The summed E-state index contributed by atoms with van der Waals surface area (Å²) in [6, 6.07) is 52.9. The maximum absolute atomic E-state index is 2.55. The van der Waals surface area contributed by atoms with Crippen molar-refractivity contribution in [2.75, 3.05) is 0 Å². The van der Waals surface area contributed by atoms with E-state index in [0.717, 1.165) is 12.8 Å². The summed E-state index contributed by atoms with van der Waals surface area (Å²) in [5.41, 5.74) is 10.7. The molecule has 2 heteroatoms. The van der Waals surface area contributed by atoms with Crippen LogP contribution in [0.4, 0.5) is 0 Å². The number of fused-ring (bicyclic) bond motifs is 1. The molecule has 0 aliphatic heterocycles. The monoisotopic (exact) mass is 706 g/mol. The first-order valence-corrected chi connectivity index (χ1v) is 20.8. The quantitative estimate of drug-likeness (QED) is 0.141. The minimum absolute atomic E-state index is 0.200. The first-order chi connectivity index (χ1) is 22.8. The van der Waals surface area contributed by atoms with Gasteiger partial charge in [-0.25, -0.2) is 0 Å². The third-order valence-corrected chi connectivity index (χ3v) is 18.5. The van der Waals surface area contributed by atoms with Gasteiger partial charge in [0.25, 0.3) is 0 Å². The van der Waals surface area contributed by atoms with E-state index in [-0.39, 0.29) is 5.41 Å². The van der Waals surface area contributed by atoms with Crippen LogP contribution in [0.3, 0.4) is 0 Å². The predicted molar refractivity (Wildman–Crippen MR) is 201 cm³/mol. The van der Waals surface area contributed by atoms with Crippen LogP contribution in [0.2, 0.25) is 0 Å². The molecule has 5 aromatic rings. The standard InChI is InChI=1S/C21H16P.C14H14.C10H15.Zr/c1-3-11-19(12-4-1)22(20-13-5-2-6-14-20)21-15-17-9-7-8-10-18(17)16-21;1-3-7-13(8-4-1)11-12-14-9-5-2-6-10-14;1-7-6-10(4,5)9(3)8(7)2;/h1-16H;1-10H,11-12H2;1-5H3;. The smallest absolute Gasteiger partial charge is 0.0238 e. The van der Waals surface area contributed by atoms with E-state index in [0.29, 0.717) is 3.63 Å². The van der Waals surface area contributed by atoms with Gasteiger partial charge in [-0.2, -0.15) is 0 Å². The number of benzene rings is 5. The normalized spacial score (nSPS) is 16.5. The minimum Gasteiger partial charge on any atom is -0.0622 e. The molecule has 0 aromatic heterocycles. The fraction of sp³-hybridized carbons (Fsp3) is 0.200. The molecule has 0 fully saturated rings. The SMILES string of the molecule is CC1=C(C)C(C)(C)[C]([Zr][CH]2C(P(c3ccccc3)c3ccccc3)=Cc3ccccc32)=C1C.c1ccc(CCc2ccccc2)cc1. The number of aryl methyl sites for hydroxylation is 2. The van der Waals surface area contributed by atoms with Gasteiger partial charge in [0.05, 0.1) is 0 Å². The number of rotatable bonds is 8. The summed E-state index contributed by atoms with van der Waals surface area (Å²) >= 11 is -0.947. The Morgan fingerprint density at radius 3 is 1.47 bits per heavy atom. The van der Waals surface area contributed by atoms with Gasteiger partial charge in [-0.15, -0.1) is 0 Å². The Kier molecular flexibility index (Phi) is 10.9. The van der Waals surface area contributed by atoms with Gasteiger partial charge in [-0.1, -0.05) is 60.7 Å². The first-order valence-electron chi connectivity index (χ1n) is 16.8. The Morgan fingerprint density at radius 1 is 0.553 bits per heavy atom. The molecule has 47 heavy (non-hydrogen) atoms. The molecule has 0 bridgehead atoms. The maximum atomic E-state index is 2.55. The van der Waals surface area contributed by atoms with Crippen LogP contribution in [-0.2, 0) is 36.1 Å². The van der Waals surface area contributed by atoms with Crippen molar-refractivity contribution in [3.05, 3.63) is 193 Å². The van der Waals surface area contributed by atoms with Gasteiger partial charge in [-0.05, 0) is 24.0 Å². The summed E-state index contributed by atoms with van der Waals surface area (Å²) in [6.07, 6.45) is 4.81. The molecule has 0 saturated carbocycles. The van der Waals surface area contributed by atoms with Gasteiger partial charge < -0.3 is 0 Å². The zero-order chi connectivity index (χ0) is 32.8. The largest absolute Gasteiger partial charge is 0.0622 e. The van der Waals surface area contributed by atoms with Gasteiger partial charge in [0, 0.05) is 0 Å². The molecule has 7 rings (SSSR count). The second-order valence-electron chi connectivity index (χ2n) is 13.1. The van der Waals surface area contributed by atoms with E-state index in [9.17, 15) is 0 Å². The molecule has 0 N–H and O–H groups in total. The van der Waals surface area contributed by atoms with E-state index in [1.807, 2.05) is 0 Å². The van der Waals surface area contributed by atoms with E-state index in [4.69, 9.17) is 0 Å².